The van der Waals surface area contributed by atoms with Crippen LogP contribution in [0, 0.1) is 12.7 Å². The third kappa shape index (κ3) is 4.51. The van der Waals surface area contributed by atoms with Crippen molar-refractivity contribution >= 4 is 40.5 Å². The summed E-state index contributed by atoms with van der Waals surface area (Å²) in [5, 5.41) is 5.15. The summed E-state index contributed by atoms with van der Waals surface area (Å²) in [5.74, 6) is 0.974. The normalized spacial score (nSPS) is 17.5. The number of hydrogen-bond donors (Lipinski definition) is 0. The van der Waals surface area contributed by atoms with Crippen molar-refractivity contribution in [1.82, 2.24) is 19.6 Å². The molecule has 0 radical (unpaired) electrons. The second-order valence-electron chi connectivity index (χ2n) is 8.58. The molecule has 160 valence electrons. The molecule has 0 bridgehead atoms. The van der Waals surface area contributed by atoms with E-state index in [1.807, 2.05) is 11.5 Å². The van der Waals surface area contributed by atoms with Crippen LogP contribution in [-0.4, -0.2) is 68.8 Å². The zero-order valence-electron chi connectivity index (χ0n) is 17.4. The molecule has 31 heavy (non-hydrogen) atoms. The van der Waals surface area contributed by atoms with Gasteiger partial charge in [-0.25, -0.2) is 9.37 Å². The molecule has 1 saturated heterocycles. The summed E-state index contributed by atoms with van der Waals surface area (Å²) in [5.41, 5.74) is 3.38. The first-order valence-corrected chi connectivity index (χ1v) is 11.0. The molecule has 8 heteroatoms. The SMILES string of the molecule is Cc1nc2n(c(=O)c1CCN1CCC(c3noc4cc(F)ccc34)CC1)CCCC2.[NaH]. The van der Waals surface area contributed by atoms with Gasteiger partial charge in [-0.2, -0.15) is 0 Å². The molecule has 1 fully saturated rings. The van der Waals surface area contributed by atoms with Crippen LogP contribution in [0.3, 0.4) is 0 Å². The van der Waals surface area contributed by atoms with E-state index >= 15 is 0 Å². The van der Waals surface area contributed by atoms with E-state index in [9.17, 15) is 9.18 Å². The van der Waals surface area contributed by atoms with Gasteiger partial charge < -0.3 is 9.42 Å². The molecule has 0 spiro atoms. The number of aryl methyl sites for hydroxylation is 2. The molecule has 2 aliphatic rings. The fourth-order valence-electron chi connectivity index (χ4n) is 4.94. The Morgan fingerprint density at radius 2 is 2.00 bits per heavy atom. The van der Waals surface area contributed by atoms with Crippen LogP contribution in [-0.2, 0) is 19.4 Å². The van der Waals surface area contributed by atoms with Gasteiger partial charge in [-0.3, -0.25) is 9.36 Å². The third-order valence-corrected chi connectivity index (χ3v) is 6.69. The predicted octanol–water partition coefficient (Wildman–Crippen LogP) is 2.94. The molecule has 0 aliphatic carbocycles. The summed E-state index contributed by atoms with van der Waals surface area (Å²) in [6.45, 7) is 5.55. The van der Waals surface area contributed by atoms with E-state index < -0.39 is 0 Å². The van der Waals surface area contributed by atoms with Gasteiger partial charge in [-0.05, 0) is 64.3 Å². The van der Waals surface area contributed by atoms with Crippen LogP contribution in [0.1, 0.15) is 54.4 Å². The molecule has 0 amide bonds. The number of hydrogen-bond acceptors (Lipinski definition) is 5. The number of likely N-dealkylation sites (tertiary alicyclic amines) is 1. The minimum atomic E-state index is -0.303. The van der Waals surface area contributed by atoms with E-state index in [0.29, 0.717) is 11.5 Å². The number of halogens is 1. The van der Waals surface area contributed by atoms with E-state index in [1.54, 1.807) is 6.07 Å². The van der Waals surface area contributed by atoms with Crippen LogP contribution in [0.25, 0.3) is 11.0 Å². The number of nitrogens with zero attached hydrogens (tertiary/aromatic N) is 4. The fourth-order valence-corrected chi connectivity index (χ4v) is 4.94. The second kappa shape index (κ2) is 9.53. The second-order valence-corrected chi connectivity index (χ2v) is 8.58. The molecular weight excluding hydrogens is 406 g/mol. The van der Waals surface area contributed by atoms with Crippen molar-refractivity contribution in [2.75, 3.05) is 19.6 Å². The first-order chi connectivity index (χ1) is 14.6. The van der Waals surface area contributed by atoms with Crippen LogP contribution < -0.4 is 5.56 Å². The first-order valence-electron chi connectivity index (χ1n) is 11.0. The Morgan fingerprint density at radius 1 is 1.19 bits per heavy atom. The van der Waals surface area contributed by atoms with Crippen LogP contribution in [0.4, 0.5) is 4.39 Å². The summed E-state index contributed by atoms with van der Waals surface area (Å²) >= 11 is 0. The number of piperidine rings is 1. The topological polar surface area (TPSA) is 64.2 Å². The Morgan fingerprint density at radius 3 is 2.81 bits per heavy atom. The average Bonchev–Trinajstić information content (AvgIpc) is 3.17. The molecule has 0 saturated carbocycles. The number of fused-ring (bicyclic) bond motifs is 2. The van der Waals surface area contributed by atoms with E-state index in [-0.39, 0.29) is 40.9 Å². The maximum atomic E-state index is 13.4. The van der Waals surface area contributed by atoms with Crippen molar-refractivity contribution < 1.29 is 8.91 Å². The van der Waals surface area contributed by atoms with Crippen LogP contribution >= 0.6 is 0 Å². The molecule has 2 aliphatic heterocycles. The predicted molar refractivity (Wildman–Crippen MR) is 119 cm³/mol. The zero-order valence-corrected chi connectivity index (χ0v) is 17.4. The van der Waals surface area contributed by atoms with Gasteiger partial charge in [-0.15, -0.1) is 0 Å². The quantitative estimate of drug-likeness (QED) is 0.591. The average molecular weight is 434 g/mol. The third-order valence-electron chi connectivity index (χ3n) is 6.69. The Kier molecular flexibility index (Phi) is 6.96. The summed E-state index contributed by atoms with van der Waals surface area (Å²) in [6.07, 6.45) is 5.81. The van der Waals surface area contributed by atoms with Gasteiger partial charge in [0.15, 0.2) is 5.58 Å². The van der Waals surface area contributed by atoms with Crippen LogP contribution in [0.2, 0.25) is 0 Å². The van der Waals surface area contributed by atoms with Crippen LogP contribution in [0.15, 0.2) is 27.5 Å². The maximum absolute atomic E-state index is 13.4. The van der Waals surface area contributed by atoms with E-state index in [4.69, 9.17) is 9.51 Å². The Balaban J connectivity index is 0.00000231. The molecule has 0 N–H and O–H groups in total. The molecule has 0 unspecified atom stereocenters. The number of rotatable bonds is 4. The van der Waals surface area contributed by atoms with Gasteiger partial charge in [0.05, 0.1) is 5.69 Å². The van der Waals surface area contributed by atoms with Gasteiger partial charge in [-0.1, -0.05) is 5.16 Å². The van der Waals surface area contributed by atoms with Crippen molar-refractivity contribution in [3.05, 3.63) is 57.1 Å². The summed E-state index contributed by atoms with van der Waals surface area (Å²) in [4.78, 5) is 20.1. The van der Waals surface area contributed by atoms with Gasteiger partial charge >= 0.3 is 29.6 Å². The Bertz CT molecular complexity index is 1130. The number of aromatic nitrogens is 3. The van der Waals surface area contributed by atoms with Gasteiger partial charge in [0.2, 0.25) is 0 Å². The van der Waals surface area contributed by atoms with E-state index in [0.717, 1.165) is 92.9 Å². The van der Waals surface area contributed by atoms with Crippen molar-refractivity contribution in [3.63, 3.8) is 0 Å². The van der Waals surface area contributed by atoms with Crippen molar-refractivity contribution in [2.24, 2.45) is 0 Å². The first kappa shape index (κ1) is 22.6. The molecule has 3 aromatic rings. The summed E-state index contributed by atoms with van der Waals surface area (Å²) in [7, 11) is 0. The van der Waals surface area contributed by atoms with E-state index in [2.05, 4.69) is 10.1 Å². The standard InChI is InChI=1S/C23H27FN4O2.Na.H/c1-15-18(23(29)28-10-3-2-4-21(28)25-15)9-13-27-11-7-16(8-12-27)22-19-6-5-17(24)14-20(19)30-26-22;;/h5-6,14,16H,2-4,7-13H2,1H3;;. The molecule has 1 aromatic carbocycles. The fraction of sp³-hybridized carbons (Fsp3) is 0.522. The monoisotopic (exact) mass is 434 g/mol. The summed E-state index contributed by atoms with van der Waals surface area (Å²) in [6, 6.07) is 4.63. The Labute approximate surface area is 203 Å². The van der Waals surface area contributed by atoms with Gasteiger partial charge in [0.25, 0.3) is 5.56 Å². The van der Waals surface area contributed by atoms with Crippen molar-refractivity contribution in [3.8, 4) is 0 Å². The Hall–Kier alpha value is -1.54. The van der Waals surface area contributed by atoms with Crippen molar-refractivity contribution in [2.45, 2.75) is 57.9 Å². The molecular formula is C23H28FN4NaO2. The minimum absolute atomic E-state index is 0. The molecule has 5 rings (SSSR count). The molecule has 0 atom stereocenters. The molecule has 2 aromatic heterocycles. The zero-order chi connectivity index (χ0) is 20.7. The van der Waals surface area contributed by atoms with Crippen LogP contribution in [0.5, 0.6) is 0 Å². The number of benzene rings is 1. The van der Waals surface area contributed by atoms with Gasteiger partial charge in [0.1, 0.15) is 11.6 Å². The molecule has 6 nitrogen and oxygen atoms in total. The molecule has 4 heterocycles. The summed E-state index contributed by atoms with van der Waals surface area (Å²) < 4.78 is 20.6. The van der Waals surface area contributed by atoms with E-state index in [1.165, 1.54) is 12.1 Å². The van der Waals surface area contributed by atoms with Gasteiger partial charge in [0, 0.05) is 48.1 Å². The van der Waals surface area contributed by atoms with Crippen molar-refractivity contribution in [1.29, 1.82) is 0 Å².